The minimum atomic E-state index is -0.346. The lowest BCUT2D eigenvalue weighted by atomic mass is 9.82. The normalized spacial score (nSPS) is 12.8. The van der Waals surface area contributed by atoms with E-state index in [2.05, 4.69) is 0 Å². The van der Waals surface area contributed by atoms with E-state index in [-0.39, 0.29) is 34.6 Å². The van der Waals surface area contributed by atoms with Crippen LogP contribution in [0.5, 0.6) is 11.5 Å². The number of hydrogen-bond acceptors (Lipinski definition) is 3. The lowest BCUT2D eigenvalue weighted by Gasteiger charge is -2.29. The minimum Gasteiger partial charge on any atom is -0.506 e. The average molecular weight is 280 g/mol. The van der Waals surface area contributed by atoms with Crippen molar-refractivity contribution in [3.8, 4) is 11.5 Å². The van der Waals surface area contributed by atoms with Crippen molar-refractivity contribution in [1.82, 2.24) is 0 Å². The third-order valence-electron chi connectivity index (χ3n) is 2.59. The van der Waals surface area contributed by atoms with E-state index in [1.54, 1.807) is 19.2 Å². The Hall–Kier alpha value is -0.640. The van der Waals surface area contributed by atoms with E-state index in [0.717, 1.165) is 0 Å². The number of nitrogens with two attached hydrogens (primary N) is 1. The molecule has 0 saturated heterocycles. The average Bonchev–Trinajstić information content (AvgIpc) is 2.19. The molecule has 0 aliphatic heterocycles. The molecular formula is C12H19Cl2NO2. The number of benzene rings is 1. The summed E-state index contributed by atoms with van der Waals surface area (Å²) in [5, 5.41) is 10.2. The second-order valence-electron chi connectivity index (χ2n) is 4.86. The molecule has 0 amide bonds. The first-order valence-corrected chi connectivity index (χ1v) is 5.47. The predicted molar refractivity (Wildman–Crippen MR) is 73.3 cm³/mol. The van der Waals surface area contributed by atoms with Crippen LogP contribution in [0.15, 0.2) is 12.1 Å². The van der Waals surface area contributed by atoms with Gasteiger partial charge in [-0.3, -0.25) is 0 Å². The Kier molecular flexibility index (Phi) is 5.59. The van der Waals surface area contributed by atoms with Crippen LogP contribution in [0.2, 0.25) is 5.02 Å². The predicted octanol–water partition coefficient (Wildman–Crippen LogP) is 3.52. The Morgan fingerprint density at radius 1 is 1.35 bits per heavy atom. The van der Waals surface area contributed by atoms with E-state index >= 15 is 0 Å². The van der Waals surface area contributed by atoms with Crippen LogP contribution < -0.4 is 10.5 Å². The van der Waals surface area contributed by atoms with Gasteiger partial charge in [-0.25, -0.2) is 0 Å². The van der Waals surface area contributed by atoms with E-state index in [4.69, 9.17) is 22.1 Å². The zero-order chi connectivity index (χ0) is 12.5. The van der Waals surface area contributed by atoms with Gasteiger partial charge in [-0.15, -0.1) is 12.4 Å². The SMILES string of the molecule is COc1ccc(Cl)c(O)c1[C@H](N)C(C)(C)C.Cl. The van der Waals surface area contributed by atoms with Gasteiger partial charge in [-0.1, -0.05) is 32.4 Å². The molecule has 0 radical (unpaired) electrons. The number of halogens is 2. The van der Waals surface area contributed by atoms with Crippen molar-refractivity contribution in [3.05, 3.63) is 22.7 Å². The maximum Gasteiger partial charge on any atom is 0.142 e. The van der Waals surface area contributed by atoms with Crippen LogP contribution in [0.4, 0.5) is 0 Å². The first kappa shape index (κ1) is 16.4. The summed E-state index contributed by atoms with van der Waals surface area (Å²) in [4.78, 5) is 0. The van der Waals surface area contributed by atoms with Crippen molar-refractivity contribution in [3.63, 3.8) is 0 Å². The van der Waals surface area contributed by atoms with Crippen LogP contribution in [0.1, 0.15) is 32.4 Å². The summed E-state index contributed by atoms with van der Waals surface area (Å²) in [6, 6.07) is 2.96. The number of rotatable bonds is 2. The third-order valence-corrected chi connectivity index (χ3v) is 2.90. The molecule has 1 rings (SSSR count). The number of hydrogen-bond donors (Lipinski definition) is 2. The summed E-state index contributed by atoms with van der Waals surface area (Å²) < 4.78 is 5.20. The molecule has 0 aliphatic rings. The van der Waals surface area contributed by atoms with Gasteiger partial charge in [0.25, 0.3) is 0 Å². The molecular weight excluding hydrogens is 261 g/mol. The largest absolute Gasteiger partial charge is 0.506 e. The van der Waals surface area contributed by atoms with E-state index in [0.29, 0.717) is 11.3 Å². The summed E-state index contributed by atoms with van der Waals surface area (Å²) in [7, 11) is 1.54. The molecule has 0 aliphatic carbocycles. The van der Waals surface area contributed by atoms with Crippen molar-refractivity contribution in [2.24, 2.45) is 11.1 Å². The van der Waals surface area contributed by atoms with Gasteiger partial charge in [0.05, 0.1) is 17.7 Å². The van der Waals surface area contributed by atoms with Crippen LogP contribution in [-0.4, -0.2) is 12.2 Å². The van der Waals surface area contributed by atoms with E-state index < -0.39 is 0 Å². The van der Waals surface area contributed by atoms with Gasteiger partial charge in [-0.2, -0.15) is 0 Å². The van der Waals surface area contributed by atoms with E-state index in [9.17, 15) is 5.11 Å². The molecule has 1 atom stereocenters. The molecule has 0 unspecified atom stereocenters. The smallest absolute Gasteiger partial charge is 0.142 e. The summed E-state index contributed by atoms with van der Waals surface area (Å²) >= 11 is 5.88. The van der Waals surface area contributed by atoms with Gasteiger partial charge in [0.15, 0.2) is 0 Å². The first-order valence-electron chi connectivity index (χ1n) is 5.10. The molecule has 0 fully saturated rings. The molecule has 5 heteroatoms. The molecule has 0 aromatic heterocycles. The highest BCUT2D eigenvalue weighted by atomic mass is 35.5. The number of methoxy groups -OCH3 is 1. The lowest BCUT2D eigenvalue weighted by Crippen LogP contribution is -2.26. The number of phenolic OH excluding ortho intramolecular Hbond substituents is 1. The van der Waals surface area contributed by atoms with E-state index in [1.165, 1.54) is 0 Å². The zero-order valence-corrected chi connectivity index (χ0v) is 12.0. The van der Waals surface area contributed by atoms with Crippen molar-refractivity contribution in [2.45, 2.75) is 26.8 Å². The van der Waals surface area contributed by atoms with Crippen molar-refractivity contribution in [2.75, 3.05) is 7.11 Å². The van der Waals surface area contributed by atoms with Crippen LogP contribution in [0.3, 0.4) is 0 Å². The van der Waals surface area contributed by atoms with Gasteiger partial charge >= 0.3 is 0 Å². The molecule has 0 bridgehead atoms. The molecule has 1 aromatic carbocycles. The van der Waals surface area contributed by atoms with Crippen LogP contribution in [0, 0.1) is 5.41 Å². The minimum absolute atomic E-state index is 0. The summed E-state index contributed by atoms with van der Waals surface area (Å²) in [5.41, 5.74) is 6.49. The quantitative estimate of drug-likeness (QED) is 0.871. The molecule has 3 nitrogen and oxygen atoms in total. The summed E-state index contributed by atoms with van der Waals surface area (Å²) in [5.74, 6) is 0.563. The Morgan fingerprint density at radius 2 is 1.88 bits per heavy atom. The highest BCUT2D eigenvalue weighted by molar-refractivity contribution is 6.32. The van der Waals surface area contributed by atoms with Crippen LogP contribution in [-0.2, 0) is 0 Å². The molecule has 0 spiro atoms. The monoisotopic (exact) mass is 279 g/mol. The van der Waals surface area contributed by atoms with Crippen LogP contribution in [0.25, 0.3) is 0 Å². The molecule has 98 valence electrons. The Balaban J connectivity index is 0.00000256. The molecule has 0 saturated carbocycles. The summed E-state index contributed by atoms with van der Waals surface area (Å²) in [6.07, 6.45) is 0. The van der Waals surface area contributed by atoms with Crippen molar-refractivity contribution in [1.29, 1.82) is 0 Å². The highest BCUT2D eigenvalue weighted by Gasteiger charge is 2.28. The fourth-order valence-electron chi connectivity index (χ4n) is 1.47. The Bertz CT molecular complexity index is 389. The molecule has 17 heavy (non-hydrogen) atoms. The first-order chi connectivity index (χ1) is 7.29. The second-order valence-corrected chi connectivity index (χ2v) is 5.26. The topological polar surface area (TPSA) is 55.5 Å². The number of ether oxygens (including phenoxy) is 1. The van der Waals surface area contributed by atoms with Crippen molar-refractivity contribution >= 4 is 24.0 Å². The number of phenols is 1. The van der Waals surface area contributed by atoms with Gasteiger partial charge in [-0.05, 0) is 17.5 Å². The molecule has 3 N–H and O–H groups in total. The van der Waals surface area contributed by atoms with E-state index in [1.807, 2.05) is 20.8 Å². The van der Waals surface area contributed by atoms with Gasteiger partial charge in [0.1, 0.15) is 11.5 Å². The maximum absolute atomic E-state index is 9.95. The third kappa shape index (κ3) is 3.41. The Morgan fingerprint density at radius 3 is 2.29 bits per heavy atom. The lowest BCUT2D eigenvalue weighted by molar-refractivity contribution is 0.304. The fourth-order valence-corrected chi connectivity index (χ4v) is 1.64. The van der Waals surface area contributed by atoms with Gasteiger partial charge in [0.2, 0.25) is 0 Å². The van der Waals surface area contributed by atoms with Crippen LogP contribution >= 0.6 is 24.0 Å². The van der Waals surface area contributed by atoms with Crippen molar-refractivity contribution < 1.29 is 9.84 Å². The Labute approximate surface area is 113 Å². The fraction of sp³-hybridized carbons (Fsp3) is 0.500. The zero-order valence-electron chi connectivity index (χ0n) is 10.5. The standard InChI is InChI=1S/C12H18ClNO2.ClH/c1-12(2,3)11(14)9-8(16-4)6-5-7(13)10(9)15;/h5-6,11,15H,14H2,1-4H3;1H/t11-;/m0./s1. The second kappa shape index (κ2) is 5.80. The van der Waals surface area contributed by atoms with Gasteiger partial charge in [0, 0.05) is 6.04 Å². The molecule has 0 heterocycles. The van der Waals surface area contributed by atoms with Gasteiger partial charge < -0.3 is 15.6 Å². The summed E-state index contributed by atoms with van der Waals surface area (Å²) in [6.45, 7) is 5.99. The molecule has 1 aromatic rings. The highest BCUT2D eigenvalue weighted by Crippen LogP contribution is 2.43. The number of aromatic hydroxyl groups is 1. The maximum atomic E-state index is 9.95.